The first-order valence-corrected chi connectivity index (χ1v) is 6.78. The molecular formula is C12H18O3S. The molecule has 4 heteroatoms. The molecule has 1 aromatic rings. The van der Waals surface area contributed by atoms with Crippen LogP contribution in [0.5, 0.6) is 0 Å². The minimum atomic E-state index is -3.62. The Bertz CT molecular complexity index is 463. The summed E-state index contributed by atoms with van der Waals surface area (Å²) in [7, 11) is -3.62. The summed E-state index contributed by atoms with van der Waals surface area (Å²) in [6.07, 6.45) is 0.384. The number of benzene rings is 1. The molecule has 0 N–H and O–H groups in total. The molecule has 0 aliphatic carbocycles. The zero-order valence-corrected chi connectivity index (χ0v) is 11.0. The lowest BCUT2D eigenvalue weighted by atomic mass is 10.1. The summed E-state index contributed by atoms with van der Waals surface area (Å²) in [4.78, 5) is 0.271. The first-order chi connectivity index (χ1) is 7.38. The summed E-state index contributed by atoms with van der Waals surface area (Å²) in [6, 6.07) is 5.20. The van der Waals surface area contributed by atoms with Crippen molar-refractivity contribution in [3.05, 3.63) is 29.3 Å². The van der Waals surface area contributed by atoms with Crippen molar-refractivity contribution in [2.24, 2.45) is 0 Å². The van der Waals surface area contributed by atoms with E-state index in [-0.39, 0.29) is 11.0 Å². The van der Waals surface area contributed by atoms with Crippen LogP contribution >= 0.6 is 0 Å². The minimum absolute atomic E-state index is 0.271. The fourth-order valence-corrected chi connectivity index (χ4v) is 2.78. The highest BCUT2D eigenvalue weighted by Crippen LogP contribution is 2.21. The fourth-order valence-electron chi connectivity index (χ4n) is 1.33. The van der Waals surface area contributed by atoms with Gasteiger partial charge in [-0.05, 0) is 44.4 Å². The number of hydrogen-bond acceptors (Lipinski definition) is 3. The van der Waals surface area contributed by atoms with Crippen molar-refractivity contribution in [3.63, 3.8) is 0 Å². The highest BCUT2D eigenvalue weighted by molar-refractivity contribution is 7.86. The molecular weight excluding hydrogens is 224 g/mol. The normalized spacial score (nSPS) is 13.8. The van der Waals surface area contributed by atoms with Gasteiger partial charge in [0.2, 0.25) is 0 Å². The van der Waals surface area contributed by atoms with E-state index in [9.17, 15) is 8.42 Å². The average Bonchev–Trinajstić information content (AvgIpc) is 2.21. The third-order valence-corrected chi connectivity index (χ3v) is 4.25. The van der Waals surface area contributed by atoms with Crippen LogP contribution in [-0.4, -0.2) is 14.5 Å². The molecule has 0 aliphatic heterocycles. The predicted octanol–water partition coefficient (Wildman–Crippen LogP) is 2.81. The molecule has 0 radical (unpaired) electrons. The van der Waals surface area contributed by atoms with Crippen molar-refractivity contribution in [2.75, 3.05) is 0 Å². The summed E-state index contributed by atoms with van der Waals surface area (Å²) in [5.41, 5.74) is 1.71. The summed E-state index contributed by atoms with van der Waals surface area (Å²) < 4.78 is 29.0. The van der Waals surface area contributed by atoms with Gasteiger partial charge in [-0.15, -0.1) is 0 Å². The zero-order valence-electron chi connectivity index (χ0n) is 10.1. The van der Waals surface area contributed by atoms with Crippen LogP contribution in [0.3, 0.4) is 0 Å². The molecule has 0 saturated carbocycles. The van der Waals surface area contributed by atoms with Crippen molar-refractivity contribution in [1.82, 2.24) is 0 Å². The van der Waals surface area contributed by atoms with Crippen molar-refractivity contribution in [1.29, 1.82) is 0 Å². The second-order valence-electron chi connectivity index (χ2n) is 3.97. The van der Waals surface area contributed by atoms with E-state index in [4.69, 9.17) is 4.18 Å². The number of aryl methyl sites for hydroxylation is 1. The maximum atomic E-state index is 12.0. The van der Waals surface area contributed by atoms with Crippen molar-refractivity contribution in [3.8, 4) is 0 Å². The molecule has 1 atom stereocenters. The molecule has 0 amide bonds. The smallest absolute Gasteiger partial charge is 0.263 e. The van der Waals surface area contributed by atoms with E-state index in [1.807, 2.05) is 19.9 Å². The lowest BCUT2D eigenvalue weighted by molar-refractivity contribution is 0.224. The number of rotatable bonds is 4. The summed E-state index contributed by atoms with van der Waals surface area (Å²) in [5.74, 6) is 0. The van der Waals surface area contributed by atoms with Gasteiger partial charge in [-0.2, -0.15) is 8.42 Å². The lowest BCUT2D eigenvalue weighted by Gasteiger charge is -2.13. The van der Waals surface area contributed by atoms with E-state index in [0.29, 0.717) is 6.42 Å². The largest absolute Gasteiger partial charge is 0.297 e. The molecule has 0 aromatic heterocycles. The van der Waals surface area contributed by atoms with Crippen LogP contribution in [0.15, 0.2) is 23.1 Å². The lowest BCUT2D eigenvalue weighted by Crippen LogP contribution is -2.15. The molecule has 1 unspecified atom stereocenters. The van der Waals surface area contributed by atoms with Crippen molar-refractivity contribution < 1.29 is 12.6 Å². The van der Waals surface area contributed by atoms with Gasteiger partial charge >= 0.3 is 0 Å². The van der Waals surface area contributed by atoms with Gasteiger partial charge in [0, 0.05) is 0 Å². The van der Waals surface area contributed by atoms with Gasteiger partial charge in [0.1, 0.15) is 0 Å². The van der Waals surface area contributed by atoms with E-state index in [1.54, 1.807) is 26.0 Å². The molecule has 3 nitrogen and oxygen atoms in total. The van der Waals surface area contributed by atoms with E-state index < -0.39 is 10.1 Å². The first-order valence-electron chi connectivity index (χ1n) is 5.38. The Labute approximate surface area is 97.6 Å². The first kappa shape index (κ1) is 13.2. The van der Waals surface area contributed by atoms with Gasteiger partial charge in [0.05, 0.1) is 11.0 Å². The van der Waals surface area contributed by atoms with Gasteiger partial charge in [-0.3, -0.25) is 4.18 Å². The molecule has 90 valence electrons. The standard InChI is InChI=1S/C12H18O3S/c1-5-10(3)15-16(13,14)12-8-6-7-9(2)11(12)4/h6-8,10H,5H2,1-4H3. The summed E-state index contributed by atoms with van der Waals surface area (Å²) in [5, 5.41) is 0. The Morgan fingerprint density at radius 2 is 1.94 bits per heavy atom. The topological polar surface area (TPSA) is 43.4 Å². The van der Waals surface area contributed by atoms with Crippen LogP contribution in [-0.2, 0) is 14.3 Å². The minimum Gasteiger partial charge on any atom is -0.263 e. The van der Waals surface area contributed by atoms with Gasteiger partial charge in [-0.1, -0.05) is 19.1 Å². The Morgan fingerprint density at radius 3 is 2.50 bits per heavy atom. The second kappa shape index (κ2) is 4.97. The van der Waals surface area contributed by atoms with Crippen LogP contribution in [0.25, 0.3) is 0 Å². The molecule has 0 aliphatic rings. The maximum absolute atomic E-state index is 12.0. The average molecular weight is 242 g/mol. The van der Waals surface area contributed by atoms with E-state index >= 15 is 0 Å². The maximum Gasteiger partial charge on any atom is 0.297 e. The Hall–Kier alpha value is -0.870. The van der Waals surface area contributed by atoms with E-state index in [1.165, 1.54) is 0 Å². The third-order valence-electron chi connectivity index (χ3n) is 2.69. The number of hydrogen-bond donors (Lipinski definition) is 0. The van der Waals surface area contributed by atoms with Gasteiger partial charge in [0.15, 0.2) is 0 Å². The Morgan fingerprint density at radius 1 is 1.31 bits per heavy atom. The third kappa shape index (κ3) is 2.83. The van der Waals surface area contributed by atoms with Gasteiger partial charge < -0.3 is 0 Å². The van der Waals surface area contributed by atoms with Crippen molar-refractivity contribution >= 4 is 10.1 Å². The Balaban J connectivity index is 3.13. The van der Waals surface area contributed by atoms with Crippen molar-refractivity contribution in [2.45, 2.75) is 45.1 Å². The van der Waals surface area contributed by atoms with Gasteiger partial charge in [0.25, 0.3) is 10.1 Å². The summed E-state index contributed by atoms with van der Waals surface area (Å²) in [6.45, 7) is 7.33. The van der Waals surface area contributed by atoms with Crippen LogP contribution in [0.2, 0.25) is 0 Å². The fraction of sp³-hybridized carbons (Fsp3) is 0.500. The molecule has 1 aromatic carbocycles. The van der Waals surface area contributed by atoms with Crippen LogP contribution in [0, 0.1) is 13.8 Å². The van der Waals surface area contributed by atoms with E-state index in [2.05, 4.69) is 0 Å². The molecule has 0 heterocycles. The molecule has 0 spiro atoms. The zero-order chi connectivity index (χ0) is 12.3. The molecule has 0 bridgehead atoms. The highest BCUT2D eigenvalue weighted by atomic mass is 32.2. The molecule has 0 fully saturated rings. The highest BCUT2D eigenvalue weighted by Gasteiger charge is 2.20. The van der Waals surface area contributed by atoms with Crippen LogP contribution < -0.4 is 0 Å². The molecule has 0 saturated heterocycles. The van der Waals surface area contributed by atoms with Gasteiger partial charge in [-0.25, -0.2) is 0 Å². The Kier molecular flexibility index (Phi) is 4.10. The molecule has 1 rings (SSSR count). The monoisotopic (exact) mass is 242 g/mol. The van der Waals surface area contributed by atoms with Crippen LogP contribution in [0.1, 0.15) is 31.4 Å². The molecule has 16 heavy (non-hydrogen) atoms. The van der Waals surface area contributed by atoms with Crippen LogP contribution in [0.4, 0.5) is 0 Å². The summed E-state index contributed by atoms with van der Waals surface area (Å²) >= 11 is 0. The van der Waals surface area contributed by atoms with E-state index in [0.717, 1.165) is 11.1 Å². The quantitative estimate of drug-likeness (QED) is 0.762. The second-order valence-corrected chi connectivity index (χ2v) is 5.51. The predicted molar refractivity (Wildman–Crippen MR) is 63.9 cm³/mol. The SMILES string of the molecule is CCC(C)OS(=O)(=O)c1cccc(C)c1C.